The van der Waals surface area contributed by atoms with Gasteiger partial charge in [0.25, 0.3) is 0 Å². The molecule has 422 valence electrons. The highest BCUT2D eigenvalue weighted by Gasteiger charge is 2.18. The van der Waals surface area contributed by atoms with Crippen LogP contribution in [-0.4, -0.2) is 34.9 Å². The van der Waals surface area contributed by atoms with E-state index in [0.29, 0.717) is 6.42 Å². The smallest absolute Gasteiger partial charge is 0.220 e. The number of carbonyl (C=O) groups excluding carboxylic acids is 1. The molecule has 0 spiro atoms. The zero-order valence-electron chi connectivity index (χ0n) is 48.7. The van der Waals surface area contributed by atoms with Crippen LogP contribution in [0.15, 0.2) is 60.8 Å². The molecule has 0 radical (unpaired) electrons. The molecule has 72 heavy (non-hydrogen) atoms. The van der Waals surface area contributed by atoms with Crippen LogP contribution in [0, 0.1) is 0 Å². The molecule has 4 heteroatoms. The Labute approximate surface area is 451 Å². The number of unbranched alkanes of at least 4 members (excludes halogenated alkanes) is 45. The minimum atomic E-state index is -0.873. The van der Waals surface area contributed by atoms with Crippen LogP contribution in [0.1, 0.15) is 348 Å². The first kappa shape index (κ1) is 70.1. The van der Waals surface area contributed by atoms with Gasteiger partial charge in [-0.1, -0.05) is 325 Å². The van der Waals surface area contributed by atoms with E-state index in [4.69, 9.17) is 0 Å². The molecule has 2 atom stereocenters. The second-order valence-corrected chi connectivity index (χ2v) is 22.2. The standard InChI is InChI=1S/C68H127NO3/c1-3-5-7-9-11-13-15-17-19-21-23-25-27-28-29-30-31-32-33-34-35-36-37-38-39-40-42-44-46-48-50-52-54-56-58-60-62-64-68(72)69-66(65-70)67(71)63-61-59-57-55-53-51-49-47-45-43-41-26-24-22-20-18-16-14-12-10-8-6-4-2/h29-30,32-33,45,47,53,55,61,63,66-67,70-71H,3-28,31,34-44,46,48-52,54,56-60,62,64-65H2,1-2H3,(H,69,72)/b30-29-,33-32-,47-45+,55-53+,63-61+. The van der Waals surface area contributed by atoms with E-state index in [1.165, 1.54) is 283 Å². The van der Waals surface area contributed by atoms with Gasteiger partial charge in [0.2, 0.25) is 5.91 Å². The molecule has 0 fully saturated rings. The molecule has 3 N–H and O–H groups in total. The van der Waals surface area contributed by atoms with Gasteiger partial charge < -0.3 is 15.5 Å². The molecule has 0 aliphatic rings. The molecule has 0 saturated carbocycles. The molecule has 0 aromatic heterocycles. The van der Waals surface area contributed by atoms with Crippen molar-refractivity contribution in [3.63, 3.8) is 0 Å². The highest BCUT2D eigenvalue weighted by atomic mass is 16.3. The maximum atomic E-state index is 12.5. The minimum absolute atomic E-state index is 0.0741. The Morgan fingerprint density at radius 2 is 0.583 bits per heavy atom. The molecule has 0 aromatic carbocycles. The summed E-state index contributed by atoms with van der Waals surface area (Å²) in [5, 5.41) is 23.2. The van der Waals surface area contributed by atoms with Crippen molar-refractivity contribution in [2.24, 2.45) is 0 Å². The Balaban J connectivity index is 3.49. The Kier molecular flexibility index (Phi) is 61.7. The Morgan fingerprint density at radius 1 is 0.333 bits per heavy atom. The lowest BCUT2D eigenvalue weighted by Crippen LogP contribution is -2.45. The van der Waals surface area contributed by atoms with Crippen LogP contribution in [-0.2, 0) is 4.79 Å². The maximum Gasteiger partial charge on any atom is 0.220 e. The quantitative estimate of drug-likeness (QED) is 0.0420. The van der Waals surface area contributed by atoms with E-state index < -0.39 is 12.1 Å². The highest BCUT2D eigenvalue weighted by molar-refractivity contribution is 5.76. The zero-order chi connectivity index (χ0) is 52.0. The van der Waals surface area contributed by atoms with Crippen molar-refractivity contribution in [1.82, 2.24) is 5.32 Å². The van der Waals surface area contributed by atoms with E-state index in [9.17, 15) is 15.0 Å². The molecular formula is C68H127NO3. The van der Waals surface area contributed by atoms with E-state index >= 15 is 0 Å². The van der Waals surface area contributed by atoms with Crippen molar-refractivity contribution in [1.29, 1.82) is 0 Å². The summed E-state index contributed by atoms with van der Waals surface area (Å²) in [6.07, 6.45) is 90.0. The summed E-state index contributed by atoms with van der Waals surface area (Å²) in [6.45, 7) is 4.33. The number of carbonyl (C=O) groups is 1. The van der Waals surface area contributed by atoms with Crippen LogP contribution in [0.3, 0.4) is 0 Å². The number of amides is 1. The van der Waals surface area contributed by atoms with Gasteiger partial charge in [0.15, 0.2) is 0 Å². The van der Waals surface area contributed by atoms with Gasteiger partial charge in [-0.2, -0.15) is 0 Å². The number of nitrogens with one attached hydrogen (secondary N) is 1. The molecule has 2 unspecified atom stereocenters. The van der Waals surface area contributed by atoms with Crippen molar-refractivity contribution < 1.29 is 15.0 Å². The Hall–Kier alpha value is -1.91. The van der Waals surface area contributed by atoms with E-state index in [1.54, 1.807) is 6.08 Å². The summed E-state index contributed by atoms with van der Waals surface area (Å²) < 4.78 is 0. The van der Waals surface area contributed by atoms with Crippen molar-refractivity contribution in [2.45, 2.75) is 360 Å². The number of rotatable bonds is 60. The second kappa shape index (κ2) is 63.4. The first-order valence-corrected chi connectivity index (χ1v) is 32.5. The molecule has 1 amide bonds. The number of allylic oxidation sites excluding steroid dienone is 9. The van der Waals surface area contributed by atoms with Crippen LogP contribution < -0.4 is 5.32 Å². The average Bonchev–Trinajstić information content (AvgIpc) is 3.39. The molecule has 4 nitrogen and oxygen atoms in total. The molecule has 0 heterocycles. The number of hydrogen-bond acceptors (Lipinski definition) is 3. The summed E-state index contributed by atoms with van der Waals surface area (Å²) in [4.78, 5) is 12.5. The molecule has 0 aliphatic carbocycles. The van der Waals surface area contributed by atoms with Crippen LogP contribution in [0.2, 0.25) is 0 Å². The predicted octanol–water partition coefficient (Wildman–Crippen LogP) is 21.9. The van der Waals surface area contributed by atoms with Crippen molar-refractivity contribution in [3.05, 3.63) is 60.8 Å². The van der Waals surface area contributed by atoms with Gasteiger partial charge in [-0.25, -0.2) is 0 Å². The summed E-state index contributed by atoms with van der Waals surface area (Å²) in [6, 6.07) is -0.648. The number of hydrogen-bond donors (Lipinski definition) is 3. The Bertz CT molecular complexity index is 1190. The van der Waals surface area contributed by atoms with Gasteiger partial charge in [-0.15, -0.1) is 0 Å². The monoisotopic (exact) mass is 1010 g/mol. The molecular weight excluding hydrogens is 879 g/mol. The van der Waals surface area contributed by atoms with Gasteiger partial charge in [0.1, 0.15) is 0 Å². The van der Waals surface area contributed by atoms with Crippen molar-refractivity contribution >= 4 is 5.91 Å². The third-order valence-corrected chi connectivity index (χ3v) is 15.0. The molecule has 0 saturated heterocycles. The summed E-state index contributed by atoms with van der Waals surface area (Å²) in [5.74, 6) is -0.0741. The van der Waals surface area contributed by atoms with Gasteiger partial charge in [0.05, 0.1) is 18.8 Å². The van der Waals surface area contributed by atoms with Crippen LogP contribution in [0.5, 0.6) is 0 Å². The first-order valence-electron chi connectivity index (χ1n) is 32.5. The van der Waals surface area contributed by atoms with E-state index in [1.807, 2.05) is 6.08 Å². The lowest BCUT2D eigenvalue weighted by atomic mass is 10.0. The fourth-order valence-corrected chi connectivity index (χ4v) is 10.0. The normalized spacial score (nSPS) is 13.1. The lowest BCUT2D eigenvalue weighted by Gasteiger charge is -2.19. The van der Waals surface area contributed by atoms with Crippen molar-refractivity contribution in [3.8, 4) is 0 Å². The molecule has 0 bridgehead atoms. The van der Waals surface area contributed by atoms with Crippen LogP contribution in [0.25, 0.3) is 0 Å². The third kappa shape index (κ3) is 59.0. The van der Waals surface area contributed by atoms with E-state index in [2.05, 4.69) is 67.8 Å². The Morgan fingerprint density at radius 3 is 0.889 bits per heavy atom. The van der Waals surface area contributed by atoms with E-state index in [0.717, 1.165) is 44.9 Å². The van der Waals surface area contributed by atoms with Crippen LogP contribution >= 0.6 is 0 Å². The summed E-state index contributed by atoms with van der Waals surface area (Å²) in [7, 11) is 0. The molecule has 0 aromatic rings. The predicted molar refractivity (Wildman–Crippen MR) is 322 cm³/mol. The third-order valence-electron chi connectivity index (χ3n) is 15.0. The average molecular weight is 1010 g/mol. The van der Waals surface area contributed by atoms with Crippen molar-refractivity contribution in [2.75, 3.05) is 6.61 Å². The number of aliphatic hydroxyl groups excluding tert-OH is 2. The summed E-state index contributed by atoms with van der Waals surface area (Å²) >= 11 is 0. The topological polar surface area (TPSA) is 69.6 Å². The molecule has 0 aliphatic heterocycles. The second-order valence-electron chi connectivity index (χ2n) is 22.2. The molecule has 0 rings (SSSR count). The van der Waals surface area contributed by atoms with Gasteiger partial charge in [-0.3, -0.25) is 4.79 Å². The van der Waals surface area contributed by atoms with Gasteiger partial charge >= 0.3 is 0 Å². The SMILES string of the molecule is CCCCCCCCCCCCCCC/C=C\C/C=C\CCCCCCCCCCCCCCCCCCCC(=O)NC(CO)C(O)/C=C/CC/C=C/CC/C=C/CCCCCCCCCCCCCCC. The fraction of sp³-hybridized carbons (Fsp3) is 0.838. The minimum Gasteiger partial charge on any atom is -0.394 e. The van der Waals surface area contributed by atoms with Crippen LogP contribution in [0.4, 0.5) is 0 Å². The number of aliphatic hydroxyl groups is 2. The fourth-order valence-electron chi connectivity index (χ4n) is 10.0. The zero-order valence-corrected chi connectivity index (χ0v) is 48.7. The lowest BCUT2D eigenvalue weighted by molar-refractivity contribution is -0.123. The summed E-state index contributed by atoms with van der Waals surface area (Å²) in [5.41, 5.74) is 0. The van der Waals surface area contributed by atoms with Gasteiger partial charge in [0, 0.05) is 6.42 Å². The first-order chi connectivity index (χ1) is 35.7. The largest absolute Gasteiger partial charge is 0.394 e. The maximum absolute atomic E-state index is 12.5. The van der Waals surface area contributed by atoms with Gasteiger partial charge in [-0.05, 0) is 77.0 Å². The highest BCUT2D eigenvalue weighted by Crippen LogP contribution is 2.17. The van der Waals surface area contributed by atoms with E-state index in [-0.39, 0.29) is 12.5 Å².